The number of urea groups is 1. The highest BCUT2D eigenvalue weighted by molar-refractivity contribution is 6.00. The second-order valence-corrected chi connectivity index (χ2v) is 5.36. The minimum Gasteiger partial charge on any atom is -0.364 e. The van der Waals surface area contributed by atoms with Crippen LogP contribution in [0.5, 0.6) is 0 Å². The van der Waals surface area contributed by atoms with Crippen molar-refractivity contribution in [3.05, 3.63) is 66.0 Å². The van der Waals surface area contributed by atoms with Crippen molar-refractivity contribution in [2.24, 2.45) is 11.5 Å². The first-order valence-corrected chi connectivity index (χ1v) is 7.37. The van der Waals surface area contributed by atoms with Gasteiger partial charge in [-0.2, -0.15) is 5.10 Å². The fraction of sp³-hybridized carbons (Fsp3) is 0. The fourth-order valence-electron chi connectivity index (χ4n) is 2.43. The molecule has 0 unspecified atom stereocenters. The van der Waals surface area contributed by atoms with Crippen LogP contribution in [0.1, 0.15) is 10.5 Å². The number of nitrogens with two attached hydrogens (primary N) is 2. The third-order valence-electron chi connectivity index (χ3n) is 3.58. The third kappa shape index (κ3) is 3.36. The Balaban J connectivity index is 1.96. The second kappa shape index (κ2) is 6.63. The Morgan fingerprint density at radius 3 is 2.31 bits per heavy atom. The van der Waals surface area contributed by atoms with Gasteiger partial charge in [-0.25, -0.2) is 18.3 Å². The molecule has 3 rings (SSSR count). The molecule has 0 aliphatic heterocycles. The molecule has 26 heavy (non-hydrogen) atoms. The first kappa shape index (κ1) is 17.1. The molecule has 0 aliphatic rings. The minimum absolute atomic E-state index is 0.0682. The lowest BCUT2D eigenvalue weighted by Crippen LogP contribution is -2.22. The molecular weight excluding hydrogens is 344 g/mol. The molecule has 3 amide bonds. The molecule has 0 aliphatic carbocycles. The van der Waals surface area contributed by atoms with Gasteiger partial charge in [-0.05, 0) is 29.8 Å². The molecule has 1 heterocycles. The maximum atomic E-state index is 13.9. The Bertz CT molecular complexity index is 999. The highest BCUT2D eigenvalue weighted by Crippen LogP contribution is 2.25. The van der Waals surface area contributed by atoms with Gasteiger partial charge >= 0.3 is 6.03 Å². The standard InChI is InChI=1S/C17H13F2N5O2/c18-10-3-6-12(13(19)7-10)9-1-4-11(5-2-9)24-8-14(22-17(21)26)15(23-24)16(20)25/h1-8H,(H2,20,25)(H3,21,22,26). The molecule has 0 spiro atoms. The molecule has 5 N–H and O–H groups in total. The summed E-state index contributed by atoms with van der Waals surface area (Å²) in [4.78, 5) is 22.4. The molecule has 0 saturated carbocycles. The quantitative estimate of drug-likeness (QED) is 0.666. The lowest BCUT2D eigenvalue weighted by molar-refractivity contribution is 0.0996. The zero-order valence-corrected chi connectivity index (χ0v) is 13.2. The summed E-state index contributed by atoms with van der Waals surface area (Å²) < 4.78 is 28.2. The van der Waals surface area contributed by atoms with Gasteiger partial charge in [0.05, 0.1) is 17.6 Å². The van der Waals surface area contributed by atoms with Gasteiger partial charge in [0.25, 0.3) is 5.91 Å². The van der Waals surface area contributed by atoms with Crippen LogP contribution >= 0.6 is 0 Å². The molecule has 0 radical (unpaired) electrons. The Hall–Kier alpha value is -3.75. The van der Waals surface area contributed by atoms with Crippen molar-refractivity contribution in [3.8, 4) is 16.8 Å². The Morgan fingerprint density at radius 1 is 1.04 bits per heavy atom. The summed E-state index contributed by atoms with van der Waals surface area (Å²) in [6, 6.07) is 8.89. The number of hydrogen-bond acceptors (Lipinski definition) is 3. The summed E-state index contributed by atoms with van der Waals surface area (Å²) in [5.74, 6) is -2.17. The number of benzene rings is 2. The zero-order valence-electron chi connectivity index (χ0n) is 13.2. The predicted octanol–water partition coefficient (Wildman–Crippen LogP) is 2.41. The van der Waals surface area contributed by atoms with Crippen LogP contribution in [-0.4, -0.2) is 21.7 Å². The summed E-state index contributed by atoms with van der Waals surface area (Å²) in [5.41, 5.74) is 11.5. The molecule has 0 saturated heterocycles. The molecule has 9 heteroatoms. The predicted molar refractivity (Wildman–Crippen MR) is 90.6 cm³/mol. The van der Waals surface area contributed by atoms with Crippen molar-refractivity contribution < 1.29 is 18.4 Å². The third-order valence-corrected chi connectivity index (χ3v) is 3.58. The van der Waals surface area contributed by atoms with Crippen molar-refractivity contribution >= 4 is 17.6 Å². The highest BCUT2D eigenvalue weighted by Gasteiger charge is 2.16. The average molecular weight is 357 g/mol. The Kier molecular flexibility index (Phi) is 4.36. The number of amides is 3. The van der Waals surface area contributed by atoms with Crippen molar-refractivity contribution in [1.82, 2.24) is 9.78 Å². The van der Waals surface area contributed by atoms with Crippen LogP contribution in [0, 0.1) is 11.6 Å². The van der Waals surface area contributed by atoms with Gasteiger partial charge in [-0.1, -0.05) is 12.1 Å². The van der Waals surface area contributed by atoms with Crippen LogP contribution in [0.25, 0.3) is 16.8 Å². The Morgan fingerprint density at radius 2 is 1.73 bits per heavy atom. The minimum atomic E-state index is -0.866. The first-order valence-electron chi connectivity index (χ1n) is 7.37. The summed E-state index contributed by atoms with van der Waals surface area (Å²) >= 11 is 0. The molecule has 2 aromatic carbocycles. The largest absolute Gasteiger partial charge is 0.364 e. The molecule has 3 aromatic rings. The van der Waals surface area contributed by atoms with E-state index in [-0.39, 0.29) is 16.9 Å². The zero-order chi connectivity index (χ0) is 18.8. The SMILES string of the molecule is NC(=O)Nc1cn(-c2ccc(-c3ccc(F)cc3F)cc2)nc1C(N)=O. The summed E-state index contributed by atoms with van der Waals surface area (Å²) in [7, 11) is 0. The van der Waals surface area contributed by atoms with Crippen LogP contribution in [0.15, 0.2) is 48.7 Å². The van der Waals surface area contributed by atoms with Gasteiger partial charge in [0.1, 0.15) is 11.6 Å². The summed E-state index contributed by atoms with van der Waals surface area (Å²) in [6.45, 7) is 0. The number of anilines is 1. The first-order chi connectivity index (χ1) is 12.3. The number of carbonyl (C=O) groups is 2. The van der Waals surface area contributed by atoms with E-state index < -0.39 is 23.6 Å². The van der Waals surface area contributed by atoms with Crippen LogP contribution in [0.4, 0.5) is 19.3 Å². The maximum absolute atomic E-state index is 13.9. The molecular formula is C17H13F2N5O2. The molecule has 0 fully saturated rings. The lowest BCUT2D eigenvalue weighted by Gasteiger charge is -2.06. The van der Waals surface area contributed by atoms with E-state index in [1.165, 1.54) is 23.0 Å². The molecule has 7 nitrogen and oxygen atoms in total. The van der Waals surface area contributed by atoms with Gasteiger partial charge in [0.15, 0.2) is 5.69 Å². The number of nitrogens with one attached hydrogen (secondary N) is 1. The van der Waals surface area contributed by atoms with E-state index in [0.717, 1.165) is 6.07 Å². The number of halogens is 2. The van der Waals surface area contributed by atoms with E-state index in [1.807, 2.05) is 0 Å². The maximum Gasteiger partial charge on any atom is 0.316 e. The van der Waals surface area contributed by atoms with Gasteiger partial charge < -0.3 is 16.8 Å². The molecule has 1 aromatic heterocycles. The van der Waals surface area contributed by atoms with Crippen molar-refractivity contribution in [1.29, 1.82) is 0 Å². The molecule has 0 bridgehead atoms. The monoisotopic (exact) mass is 357 g/mol. The molecule has 0 atom stereocenters. The van der Waals surface area contributed by atoms with E-state index in [1.54, 1.807) is 24.3 Å². The van der Waals surface area contributed by atoms with Crippen molar-refractivity contribution in [2.75, 3.05) is 5.32 Å². The van der Waals surface area contributed by atoms with Crippen molar-refractivity contribution in [2.45, 2.75) is 0 Å². The molecule has 132 valence electrons. The summed E-state index contributed by atoms with van der Waals surface area (Å²) in [6.07, 6.45) is 1.37. The van der Waals surface area contributed by atoms with Gasteiger partial charge in [-0.3, -0.25) is 4.79 Å². The van der Waals surface area contributed by atoms with Crippen LogP contribution < -0.4 is 16.8 Å². The van der Waals surface area contributed by atoms with Crippen LogP contribution in [0.3, 0.4) is 0 Å². The smallest absolute Gasteiger partial charge is 0.316 e. The number of primary amides is 2. The Labute approximate surface area is 146 Å². The van der Waals surface area contributed by atoms with E-state index in [4.69, 9.17) is 11.5 Å². The summed E-state index contributed by atoms with van der Waals surface area (Å²) in [5, 5.41) is 6.28. The van der Waals surface area contributed by atoms with Gasteiger partial charge in [0.2, 0.25) is 0 Å². The lowest BCUT2D eigenvalue weighted by atomic mass is 10.0. The van der Waals surface area contributed by atoms with E-state index in [0.29, 0.717) is 11.3 Å². The number of aromatic nitrogens is 2. The number of hydrogen-bond donors (Lipinski definition) is 3. The topological polar surface area (TPSA) is 116 Å². The number of rotatable bonds is 4. The van der Waals surface area contributed by atoms with E-state index in [9.17, 15) is 18.4 Å². The fourth-order valence-corrected chi connectivity index (χ4v) is 2.43. The highest BCUT2D eigenvalue weighted by atomic mass is 19.1. The van der Waals surface area contributed by atoms with Gasteiger partial charge in [-0.15, -0.1) is 0 Å². The van der Waals surface area contributed by atoms with E-state index >= 15 is 0 Å². The number of nitrogens with zero attached hydrogens (tertiary/aromatic N) is 2. The van der Waals surface area contributed by atoms with E-state index in [2.05, 4.69) is 10.4 Å². The number of carbonyl (C=O) groups excluding carboxylic acids is 2. The van der Waals surface area contributed by atoms with Crippen molar-refractivity contribution in [3.63, 3.8) is 0 Å². The second-order valence-electron chi connectivity index (χ2n) is 5.36. The normalized spacial score (nSPS) is 10.5. The van der Waals surface area contributed by atoms with Gasteiger partial charge in [0, 0.05) is 11.6 Å². The van der Waals surface area contributed by atoms with Crippen LogP contribution in [-0.2, 0) is 0 Å². The van der Waals surface area contributed by atoms with Crippen LogP contribution in [0.2, 0.25) is 0 Å². The average Bonchev–Trinajstić information content (AvgIpc) is 2.98.